The molecule has 1 aliphatic rings. The molecule has 6 nitrogen and oxygen atoms in total. The summed E-state index contributed by atoms with van der Waals surface area (Å²) in [6, 6.07) is -1.00. The molecule has 1 unspecified atom stereocenters. The molecule has 1 aliphatic heterocycles. The Morgan fingerprint density at radius 3 is 1.68 bits per heavy atom. The second-order valence-corrected chi connectivity index (χ2v) is 8.22. The van der Waals surface area contributed by atoms with Gasteiger partial charge in [0.15, 0.2) is 6.29 Å². The van der Waals surface area contributed by atoms with E-state index in [2.05, 4.69) is 6.92 Å². The summed E-state index contributed by atoms with van der Waals surface area (Å²) in [6.07, 6.45) is 12.6. The van der Waals surface area contributed by atoms with E-state index in [1.807, 2.05) is 0 Å². The summed E-state index contributed by atoms with van der Waals surface area (Å²) in [7, 11) is 0. The topological polar surface area (TPSA) is 102 Å². The zero-order valence-electron chi connectivity index (χ0n) is 18.8. The summed E-state index contributed by atoms with van der Waals surface area (Å²) in [5.41, 5.74) is 0. The first-order valence-electron chi connectivity index (χ1n) is 12.0. The van der Waals surface area contributed by atoms with Crippen LogP contribution >= 0.6 is 0 Å². The Bertz CT molecular complexity index is 390. The summed E-state index contributed by atoms with van der Waals surface area (Å²) in [4.78, 5) is 0. The molecule has 1 rings (SSSR count). The van der Waals surface area contributed by atoms with Crippen molar-refractivity contribution in [1.82, 2.24) is 5.31 Å². The summed E-state index contributed by atoms with van der Waals surface area (Å²) in [6.45, 7) is 2.16. The molecule has 0 aromatic heterocycles. The molecule has 6 heteroatoms. The van der Waals surface area contributed by atoms with Gasteiger partial charge in [0.1, 0.15) is 19.7 Å². The highest BCUT2D eigenvalue weighted by Gasteiger charge is 2.43. The van der Waals surface area contributed by atoms with Gasteiger partial charge in [-0.05, 0) is 13.0 Å². The van der Waals surface area contributed by atoms with Crippen LogP contribution in [0.1, 0.15) is 96.8 Å². The third kappa shape index (κ3) is 10.5. The van der Waals surface area contributed by atoms with Gasteiger partial charge < -0.3 is 30.5 Å². The lowest BCUT2D eigenvalue weighted by atomic mass is 9.97. The van der Waals surface area contributed by atoms with Gasteiger partial charge in [-0.3, -0.25) is 0 Å². The minimum Gasteiger partial charge on any atom is -0.394 e. The quantitative estimate of drug-likeness (QED) is 0.239. The number of rotatable bonds is 17. The highest BCUT2D eigenvalue weighted by Crippen LogP contribution is 2.20. The van der Waals surface area contributed by atoms with Gasteiger partial charge in [0.25, 0.3) is 0 Å². The molecule has 0 bridgehead atoms. The molecular formula is C22H45NO5. The van der Waals surface area contributed by atoms with Gasteiger partial charge in [0, 0.05) is 0 Å². The lowest BCUT2D eigenvalue weighted by Gasteiger charge is -2.40. The fraction of sp³-hybridized carbons (Fsp3) is 1.00. The van der Waals surface area contributed by atoms with Crippen molar-refractivity contribution in [3.63, 3.8) is 0 Å². The van der Waals surface area contributed by atoms with Gasteiger partial charge in [0.2, 0.25) is 0 Å². The summed E-state index contributed by atoms with van der Waals surface area (Å²) < 4.78 is 13.2. The zero-order valence-corrected chi connectivity index (χ0v) is 17.8. The Morgan fingerprint density at radius 2 is 1.21 bits per heavy atom. The van der Waals surface area contributed by atoms with Crippen LogP contribution in [0.3, 0.4) is 0 Å². The van der Waals surface area contributed by atoms with Gasteiger partial charge in [-0.25, -0.2) is 0 Å². The molecule has 0 aliphatic carbocycles. The minimum atomic E-state index is -1.39. The Labute approximate surface area is 173 Å². The van der Waals surface area contributed by atoms with Gasteiger partial charge in [-0.1, -0.05) is 90.4 Å². The van der Waals surface area contributed by atoms with E-state index < -0.39 is 37.3 Å². The molecule has 0 spiro atoms. The maximum Gasteiger partial charge on any atom is 0.173 e. The van der Waals surface area contributed by atoms with Crippen molar-refractivity contribution in [3.05, 3.63) is 0 Å². The fourth-order valence-corrected chi connectivity index (χ4v) is 3.83. The Morgan fingerprint density at radius 1 is 0.750 bits per heavy atom. The molecule has 1 saturated heterocycles. The smallest absolute Gasteiger partial charge is 0.173 e. The number of nitrogens with one attached hydrogen (secondary N) is 1. The molecule has 5 N–H and O–H groups in total. The molecule has 0 amide bonds. The van der Waals surface area contributed by atoms with Crippen LogP contribution in [0.4, 0.5) is 0 Å². The SMILES string of the molecule is [2H]N(CCCCCCCCCCCCCCCC)[C@H]1C(O)O[C@H](CO)[C@@H](O)[C@@H]1O. The van der Waals surface area contributed by atoms with Crippen LogP contribution < -0.4 is 5.31 Å². The van der Waals surface area contributed by atoms with E-state index in [0.717, 1.165) is 24.6 Å². The van der Waals surface area contributed by atoms with E-state index in [1.54, 1.807) is 0 Å². The standard InChI is InChI=1S/C22H45NO5/c1-2-3-4-5-6-7-8-9-10-11-12-13-14-15-16-23-19-21(26)20(25)18(17-24)28-22(19)27/h18-27H,2-17H2,1H3/t18-,19-,20-,21-,22?/m1/s1/i/hD. The fourth-order valence-electron chi connectivity index (χ4n) is 3.83. The van der Waals surface area contributed by atoms with Gasteiger partial charge in [0.05, 0.1) is 12.6 Å². The first-order chi connectivity index (χ1) is 14.0. The molecular weight excluding hydrogens is 358 g/mol. The van der Waals surface area contributed by atoms with Crippen LogP contribution in [0, 0.1) is 0 Å². The first kappa shape index (κ1) is 24.0. The van der Waals surface area contributed by atoms with E-state index >= 15 is 0 Å². The first-order valence-corrected chi connectivity index (χ1v) is 11.6. The number of aliphatic hydroxyl groups excluding tert-OH is 4. The van der Waals surface area contributed by atoms with Crippen molar-refractivity contribution in [2.75, 3.05) is 13.2 Å². The van der Waals surface area contributed by atoms with E-state index in [0.29, 0.717) is 6.54 Å². The predicted octanol–water partition coefficient (Wildman–Crippen LogP) is 2.86. The Kier molecular flexibility index (Phi) is 14.2. The van der Waals surface area contributed by atoms with E-state index in [4.69, 9.17) is 11.3 Å². The van der Waals surface area contributed by atoms with Crippen LogP contribution in [0.5, 0.6) is 0 Å². The molecule has 5 atom stereocenters. The Hall–Kier alpha value is -0.240. The summed E-state index contributed by atoms with van der Waals surface area (Å²) in [5.74, 6) is 0. The van der Waals surface area contributed by atoms with Crippen LogP contribution in [-0.2, 0) is 4.74 Å². The van der Waals surface area contributed by atoms with Gasteiger partial charge >= 0.3 is 0 Å². The van der Waals surface area contributed by atoms with E-state index in [1.165, 1.54) is 70.6 Å². The average Bonchev–Trinajstić information content (AvgIpc) is 2.71. The highest BCUT2D eigenvalue weighted by atomic mass is 16.6. The largest absolute Gasteiger partial charge is 0.394 e. The van der Waals surface area contributed by atoms with Crippen molar-refractivity contribution >= 4 is 0 Å². The molecule has 168 valence electrons. The van der Waals surface area contributed by atoms with E-state index in [9.17, 15) is 15.3 Å². The maximum atomic E-state index is 10.1. The maximum absolute atomic E-state index is 10.1. The zero-order chi connectivity index (χ0) is 21.5. The normalized spacial score (nSPS) is 28.6. The average molecular weight is 405 g/mol. The third-order valence-electron chi connectivity index (χ3n) is 5.72. The number of aliphatic hydroxyl groups is 4. The second kappa shape index (κ2) is 16.5. The second-order valence-electron chi connectivity index (χ2n) is 8.22. The van der Waals surface area contributed by atoms with Crippen LogP contribution in [0.2, 0.25) is 1.41 Å². The van der Waals surface area contributed by atoms with Crippen molar-refractivity contribution in [2.24, 2.45) is 0 Å². The van der Waals surface area contributed by atoms with Gasteiger partial charge in [-0.15, -0.1) is 0 Å². The number of hydrogen-bond acceptors (Lipinski definition) is 6. The highest BCUT2D eigenvalue weighted by molar-refractivity contribution is 4.92. The van der Waals surface area contributed by atoms with Crippen LogP contribution in [0.25, 0.3) is 0 Å². The van der Waals surface area contributed by atoms with Gasteiger partial charge in [-0.2, -0.15) is 0 Å². The Balaban J connectivity index is 1.99. The summed E-state index contributed by atoms with van der Waals surface area (Å²) in [5, 5.41) is 40.2. The molecule has 0 saturated carbocycles. The third-order valence-corrected chi connectivity index (χ3v) is 5.72. The predicted molar refractivity (Wildman–Crippen MR) is 112 cm³/mol. The van der Waals surface area contributed by atoms with Crippen LogP contribution in [0.15, 0.2) is 0 Å². The summed E-state index contributed by atoms with van der Waals surface area (Å²) >= 11 is 0. The van der Waals surface area contributed by atoms with Crippen LogP contribution in [-0.4, -0.2) is 64.2 Å². The molecule has 0 radical (unpaired) electrons. The molecule has 1 fully saturated rings. The minimum absolute atomic E-state index is 0.399. The number of unbranched alkanes of at least 4 members (excludes halogenated alkanes) is 13. The monoisotopic (exact) mass is 404 g/mol. The van der Waals surface area contributed by atoms with E-state index in [-0.39, 0.29) is 0 Å². The molecule has 1 heterocycles. The van der Waals surface area contributed by atoms with Crippen molar-refractivity contribution in [2.45, 2.75) is 127 Å². The molecule has 0 aromatic carbocycles. The molecule has 0 aromatic rings. The number of ether oxygens (including phenoxy) is 1. The van der Waals surface area contributed by atoms with Crippen molar-refractivity contribution in [1.29, 1.82) is 0 Å². The van der Waals surface area contributed by atoms with Crippen molar-refractivity contribution < 1.29 is 26.6 Å². The number of hydrogen-bond donors (Lipinski definition) is 5. The lowest BCUT2D eigenvalue weighted by Crippen LogP contribution is -2.63. The lowest BCUT2D eigenvalue weighted by molar-refractivity contribution is -0.254. The van der Waals surface area contributed by atoms with Crippen molar-refractivity contribution in [3.8, 4) is 0 Å². The molecule has 28 heavy (non-hydrogen) atoms.